The van der Waals surface area contributed by atoms with Crippen LogP contribution in [0.25, 0.3) is 5.69 Å². The highest BCUT2D eigenvalue weighted by molar-refractivity contribution is 6.42. The Kier molecular flexibility index (Phi) is 4.13. The molecule has 1 N–H and O–H groups in total. The number of anilines is 1. The van der Waals surface area contributed by atoms with Crippen molar-refractivity contribution >= 4 is 34.8 Å². The van der Waals surface area contributed by atoms with Crippen molar-refractivity contribution < 1.29 is 4.79 Å². The minimum absolute atomic E-state index is 0.245. The van der Waals surface area contributed by atoms with Crippen molar-refractivity contribution in [2.45, 2.75) is 0 Å². The molecule has 0 saturated carbocycles. The minimum atomic E-state index is -0.245. The van der Waals surface area contributed by atoms with Gasteiger partial charge in [-0.05, 0) is 48.5 Å². The van der Waals surface area contributed by atoms with Crippen LogP contribution in [0.15, 0.2) is 60.9 Å². The summed E-state index contributed by atoms with van der Waals surface area (Å²) in [4.78, 5) is 12.2. The van der Waals surface area contributed by atoms with E-state index in [0.29, 0.717) is 21.3 Å². The summed E-state index contributed by atoms with van der Waals surface area (Å²) < 4.78 is 1.74. The van der Waals surface area contributed by atoms with E-state index < -0.39 is 0 Å². The number of halogens is 2. The van der Waals surface area contributed by atoms with Crippen molar-refractivity contribution in [1.29, 1.82) is 0 Å². The van der Waals surface area contributed by atoms with Gasteiger partial charge in [0.1, 0.15) is 0 Å². The van der Waals surface area contributed by atoms with E-state index in [2.05, 4.69) is 10.4 Å². The summed E-state index contributed by atoms with van der Waals surface area (Å²) in [7, 11) is 0. The molecule has 110 valence electrons. The van der Waals surface area contributed by atoms with Crippen molar-refractivity contribution in [2.75, 3.05) is 5.32 Å². The van der Waals surface area contributed by atoms with E-state index in [1.165, 1.54) is 6.07 Å². The number of hydrogen-bond acceptors (Lipinski definition) is 2. The third-order valence-electron chi connectivity index (χ3n) is 3.08. The standard InChI is InChI=1S/C16H11Cl2N3O/c17-14-7-2-11(10-15(14)18)16(22)20-12-3-5-13(6-4-12)21-9-1-8-19-21/h1-10H,(H,20,22). The summed E-state index contributed by atoms with van der Waals surface area (Å²) in [6.45, 7) is 0. The van der Waals surface area contributed by atoms with Crippen LogP contribution in [0.3, 0.4) is 0 Å². The van der Waals surface area contributed by atoms with Gasteiger partial charge in [0.2, 0.25) is 0 Å². The van der Waals surface area contributed by atoms with Crippen molar-refractivity contribution in [1.82, 2.24) is 9.78 Å². The van der Waals surface area contributed by atoms with Crippen LogP contribution < -0.4 is 5.32 Å². The lowest BCUT2D eigenvalue weighted by molar-refractivity contribution is 0.102. The second-order valence-electron chi connectivity index (χ2n) is 4.58. The van der Waals surface area contributed by atoms with E-state index in [1.807, 2.05) is 36.5 Å². The van der Waals surface area contributed by atoms with Crippen LogP contribution in [0.2, 0.25) is 10.0 Å². The summed E-state index contributed by atoms with van der Waals surface area (Å²) in [5, 5.41) is 7.72. The van der Waals surface area contributed by atoms with Gasteiger partial charge in [-0.1, -0.05) is 23.2 Å². The number of benzene rings is 2. The van der Waals surface area contributed by atoms with Gasteiger partial charge in [0.05, 0.1) is 15.7 Å². The van der Waals surface area contributed by atoms with Gasteiger partial charge in [-0.3, -0.25) is 4.79 Å². The van der Waals surface area contributed by atoms with Gasteiger partial charge < -0.3 is 5.32 Å². The molecule has 3 aromatic rings. The predicted octanol–water partition coefficient (Wildman–Crippen LogP) is 4.43. The fraction of sp³-hybridized carbons (Fsp3) is 0. The number of hydrogen-bond donors (Lipinski definition) is 1. The highest BCUT2D eigenvalue weighted by Crippen LogP contribution is 2.23. The molecule has 0 saturated heterocycles. The van der Waals surface area contributed by atoms with Gasteiger partial charge in [0.15, 0.2) is 0 Å². The van der Waals surface area contributed by atoms with E-state index in [0.717, 1.165) is 5.69 Å². The summed E-state index contributed by atoms with van der Waals surface area (Å²) in [6, 6.07) is 14.0. The van der Waals surface area contributed by atoms with Gasteiger partial charge in [-0.25, -0.2) is 4.68 Å². The Morgan fingerprint density at radius 3 is 2.45 bits per heavy atom. The number of carbonyl (C=O) groups is 1. The molecule has 0 aliphatic carbocycles. The van der Waals surface area contributed by atoms with Crippen LogP contribution >= 0.6 is 23.2 Å². The molecule has 4 nitrogen and oxygen atoms in total. The Morgan fingerprint density at radius 2 is 1.82 bits per heavy atom. The molecule has 1 amide bonds. The van der Waals surface area contributed by atoms with Gasteiger partial charge in [0.25, 0.3) is 5.91 Å². The lowest BCUT2D eigenvalue weighted by Gasteiger charge is -2.07. The van der Waals surface area contributed by atoms with E-state index in [1.54, 1.807) is 23.0 Å². The number of nitrogens with one attached hydrogen (secondary N) is 1. The molecule has 0 fully saturated rings. The maximum atomic E-state index is 12.2. The fourth-order valence-electron chi connectivity index (χ4n) is 1.96. The molecule has 0 spiro atoms. The Morgan fingerprint density at radius 1 is 1.05 bits per heavy atom. The van der Waals surface area contributed by atoms with E-state index in [-0.39, 0.29) is 5.91 Å². The van der Waals surface area contributed by atoms with Crippen LogP contribution in [0.4, 0.5) is 5.69 Å². The second-order valence-corrected chi connectivity index (χ2v) is 5.39. The first-order chi connectivity index (χ1) is 10.6. The highest BCUT2D eigenvalue weighted by atomic mass is 35.5. The summed E-state index contributed by atoms with van der Waals surface area (Å²) in [5.74, 6) is -0.245. The Labute approximate surface area is 137 Å². The fourth-order valence-corrected chi connectivity index (χ4v) is 2.26. The number of rotatable bonds is 3. The minimum Gasteiger partial charge on any atom is -0.322 e. The first-order valence-corrected chi connectivity index (χ1v) is 7.25. The zero-order chi connectivity index (χ0) is 15.5. The van der Waals surface area contributed by atoms with Crippen LogP contribution in [-0.4, -0.2) is 15.7 Å². The molecule has 0 unspecified atom stereocenters. The van der Waals surface area contributed by atoms with Crippen molar-refractivity contribution in [3.8, 4) is 5.69 Å². The summed E-state index contributed by atoms with van der Waals surface area (Å²) in [5.41, 5.74) is 2.05. The molecule has 3 rings (SSSR count). The van der Waals surface area contributed by atoms with Crippen molar-refractivity contribution in [2.24, 2.45) is 0 Å². The molecular formula is C16H11Cl2N3O. The van der Waals surface area contributed by atoms with Crippen LogP contribution in [0.5, 0.6) is 0 Å². The highest BCUT2D eigenvalue weighted by Gasteiger charge is 2.08. The molecule has 22 heavy (non-hydrogen) atoms. The Bertz CT molecular complexity index is 799. The lowest BCUT2D eigenvalue weighted by Crippen LogP contribution is -2.11. The van der Waals surface area contributed by atoms with Gasteiger partial charge >= 0.3 is 0 Å². The van der Waals surface area contributed by atoms with Gasteiger partial charge in [-0.2, -0.15) is 5.10 Å². The maximum Gasteiger partial charge on any atom is 0.255 e. The maximum absolute atomic E-state index is 12.2. The van der Waals surface area contributed by atoms with E-state index in [4.69, 9.17) is 23.2 Å². The number of nitrogens with zero attached hydrogens (tertiary/aromatic N) is 2. The Balaban J connectivity index is 1.75. The summed E-state index contributed by atoms with van der Waals surface area (Å²) >= 11 is 11.8. The average molecular weight is 332 g/mol. The predicted molar refractivity (Wildman–Crippen MR) is 88.0 cm³/mol. The van der Waals surface area contributed by atoms with Crippen LogP contribution in [0, 0.1) is 0 Å². The average Bonchev–Trinajstić information content (AvgIpc) is 3.05. The largest absolute Gasteiger partial charge is 0.322 e. The van der Waals surface area contributed by atoms with Crippen molar-refractivity contribution in [3.63, 3.8) is 0 Å². The molecule has 0 bridgehead atoms. The molecule has 1 aromatic heterocycles. The van der Waals surface area contributed by atoms with Gasteiger partial charge in [0, 0.05) is 23.6 Å². The summed E-state index contributed by atoms with van der Waals surface area (Å²) in [6.07, 6.45) is 3.56. The molecular weight excluding hydrogens is 321 g/mol. The molecule has 6 heteroatoms. The quantitative estimate of drug-likeness (QED) is 0.771. The third kappa shape index (κ3) is 3.13. The molecule has 0 radical (unpaired) electrons. The van der Waals surface area contributed by atoms with Gasteiger partial charge in [-0.15, -0.1) is 0 Å². The lowest BCUT2D eigenvalue weighted by atomic mass is 10.2. The van der Waals surface area contributed by atoms with E-state index in [9.17, 15) is 4.79 Å². The number of carbonyl (C=O) groups excluding carboxylic acids is 1. The zero-order valence-electron chi connectivity index (χ0n) is 11.3. The molecule has 2 aromatic carbocycles. The van der Waals surface area contributed by atoms with Crippen molar-refractivity contribution in [3.05, 3.63) is 76.5 Å². The third-order valence-corrected chi connectivity index (χ3v) is 3.81. The smallest absolute Gasteiger partial charge is 0.255 e. The number of amides is 1. The first kappa shape index (κ1) is 14.6. The molecule has 0 atom stereocenters. The van der Waals surface area contributed by atoms with Crippen LogP contribution in [-0.2, 0) is 0 Å². The zero-order valence-corrected chi connectivity index (χ0v) is 12.8. The second kappa shape index (κ2) is 6.22. The molecule has 0 aliphatic rings. The van der Waals surface area contributed by atoms with E-state index >= 15 is 0 Å². The number of aromatic nitrogens is 2. The molecule has 0 aliphatic heterocycles. The monoisotopic (exact) mass is 331 g/mol. The SMILES string of the molecule is O=C(Nc1ccc(-n2cccn2)cc1)c1ccc(Cl)c(Cl)c1. The van der Waals surface area contributed by atoms with Crippen LogP contribution in [0.1, 0.15) is 10.4 Å². The topological polar surface area (TPSA) is 46.9 Å². The Hall–Kier alpha value is -2.30. The molecule has 1 heterocycles. The first-order valence-electron chi connectivity index (χ1n) is 6.50. The normalized spacial score (nSPS) is 10.5.